The van der Waals surface area contributed by atoms with Crippen molar-refractivity contribution in [2.75, 3.05) is 4.90 Å². The van der Waals surface area contributed by atoms with Crippen molar-refractivity contribution in [1.82, 2.24) is 4.98 Å². The fourth-order valence-electron chi connectivity index (χ4n) is 4.11. The first kappa shape index (κ1) is 19.6. The number of nitrogens with zero attached hydrogens (tertiary/aromatic N) is 2. The lowest BCUT2D eigenvalue weighted by Crippen LogP contribution is -2.40. The van der Waals surface area contributed by atoms with Crippen molar-refractivity contribution in [3.63, 3.8) is 0 Å². The standard InChI is InChI=1S/C24H19N3O3S/c25-31(30)19-10-8-18(9-11-19)24(29)20-5-1-2-6-22(20)27(23(24)28)15-16-7-12-21-17(14-16)4-3-13-26-21/h1-14,29H,15,25H2/t24-,31?/m0/s1. The van der Waals surface area contributed by atoms with E-state index < -0.39 is 22.5 Å². The second-order valence-electron chi connectivity index (χ2n) is 7.47. The van der Waals surface area contributed by atoms with Gasteiger partial charge in [0.1, 0.15) is 11.0 Å². The van der Waals surface area contributed by atoms with Crippen molar-refractivity contribution in [1.29, 1.82) is 0 Å². The molecule has 0 radical (unpaired) electrons. The van der Waals surface area contributed by atoms with Gasteiger partial charge in [-0.15, -0.1) is 0 Å². The molecule has 7 heteroatoms. The largest absolute Gasteiger partial charge is 0.372 e. The van der Waals surface area contributed by atoms with Gasteiger partial charge in [0.2, 0.25) is 0 Å². The van der Waals surface area contributed by atoms with Gasteiger partial charge in [0.15, 0.2) is 5.60 Å². The molecular weight excluding hydrogens is 410 g/mol. The van der Waals surface area contributed by atoms with Gasteiger partial charge in [0, 0.05) is 17.1 Å². The molecule has 1 unspecified atom stereocenters. The van der Waals surface area contributed by atoms with E-state index in [-0.39, 0.29) is 0 Å². The normalized spacial score (nSPS) is 18.9. The molecule has 5 rings (SSSR count). The van der Waals surface area contributed by atoms with Gasteiger partial charge in [-0.05, 0) is 47.5 Å². The highest BCUT2D eigenvalue weighted by Gasteiger charge is 2.50. The third kappa shape index (κ3) is 3.14. The van der Waals surface area contributed by atoms with Gasteiger partial charge in [-0.1, -0.05) is 42.5 Å². The Bertz CT molecular complexity index is 1340. The molecular formula is C24H19N3O3S. The molecule has 1 amide bonds. The molecule has 0 aliphatic carbocycles. The second kappa shape index (κ2) is 7.39. The van der Waals surface area contributed by atoms with Crippen LogP contribution in [0.1, 0.15) is 16.7 Å². The highest BCUT2D eigenvalue weighted by molar-refractivity contribution is 7.82. The Balaban J connectivity index is 1.56. The summed E-state index contributed by atoms with van der Waals surface area (Å²) in [4.78, 5) is 19.9. The molecule has 3 aromatic carbocycles. The Morgan fingerprint density at radius 2 is 1.77 bits per heavy atom. The number of hydrogen-bond acceptors (Lipinski definition) is 4. The van der Waals surface area contributed by atoms with Crippen LogP contribution in [0.25, 0.3) is 10.9 Å². The van der Waals surface area contributed by atoms with Crippen LogP contribution in [0.3, 0.4) is 0 Å². The Hall–Kier alpha value is -3.39. The summed E-state index contributed by atoms with van der Waals surface area (Å²) in [6.45, 7) is 0.313. The van der Waals surface area contributed by atoms with Gasteiger partial charge in [0.05, 0.1) is 22.6 Å². The molecule has 4 aromatic rings. The van der Waals surface area contributed by atoms with Gasteiger partial charge in [-0.3, -0.25) is 9.78 Å². The van der Waals surface area contributed by atoms with E-state index in [0.717, 1.165) is 16.5 Å². The van der Waals surface area contributed by atoms with E-state index in [2.05, 4.69) is 4.98 Å². The first-order chi connectivity index (χ1) is 15.0. The summed E-state index contributed by atoms with van der Waals surface area (Å²) >= 11 is 0. The van der Waals surface area contributed by atoms with Crippen LogP contribution < -0.4 is 10.0 Å². The smallest absolute Gasteiger partial charge is 0.268 e. The van der Waals surface area contributed by atoms with E-state index in [1.807, 2.05) is 42.5 Å². The number of aromatic nitrogens is 1. The molecule has 0 bridgehead atoms. The Labute approximate surface area is 181 Å². The van der Waals surface area contributed by atoms with E-state index in [4.69, 9.17) is 5.14 Å². The monoisotopic (exact) mass is 429 g/mol. The van der Waals surface area contributed by atoms with Crippen molar-refractivity contribution in [2.24, 2.45) is 5.14 Å². The van der Waals surface area contributed by atoms with Gasteiger partial charge in [0.25, 0.3) is 5.91 Å². The molecule has 2 atom stereocenters. The molecule has 31 heavy (non-hydrogen) atoms. The van der Waals surface area contributed by atoms with Crippen LogP contribution in [0.4, 0.5) is 5.69 Å². The van der Waals surface area contributed by atoms with E-state index in [0.29, 0.717) is 28.3 Å². The number of para-hydroxylation sites is 1. The topological polar surface area (TPSA) is 96.5 Å². The second-order valence-corrected chi connectivity index (χ2v) is 8.54. The molecule has 6 nitrogen and oxygen atoms in total. The number of fused-ring (bicyclic) bond motifs is 2. The number of carbonyl (C=O) groups excluding carboxylic acids is 1. The summed E-state index contributed by atoms with van der Waals surface area (Å²) in [6.07, 6.45) is 1.74. The average Bonchev–Trinajstić information content (AvgIpc) is 3.02. The third-order valence-corrected chi connectivity index (χ3v) is 6.39. The van der Waals surface area contributed by atoms with E-state index >= 15 is 0 Å². The molecule has 0 spiro atoms. The van der Waals surface area contributed by atoms with Crippen molar-refractivity contribution < 1.29 is 14.1 Å². The quantitative estimate of drug-likeness (QED) is 0.521. The highest BCUT2D eigenvalue weighted by Crippen LogP contribution is 2.45. The van der Waals surface area contributed by atoms with Gasteiger partial charge < -0.3 is 10.0 Å². The van der Waals surface area contributed by atoms with E-state index in [9.17, 15) is 14.1 Å². The number of amides is 1. The molecule has 154 valence electrons. The summed E-state index contributed by atoms with van der Waals surface area (Å²) in [5.41, 5.74) is 1.57. The predicted octanol–water partition coefficient (Wildman–Crippen LogP) is 3.00. The molecule has 3 N–H and O–H groups in total. The zero-order valence-corrected chi connectivity index (χ0v) is 17.3. The first-order valence-corrected chi connectivity index (χ1v) is 10.9. The van der Waals surface area contributed by atoms with Crippen LogP contribution in [0.5, 0.6) is 0 Å². The number of anilines is 1. The summed E-state index contributed by atoms with van der Waals surface area (Å²) in [7, 11) is -1.63. The lowest BCUT2D eigenvalue weighted by Gasteiger charge is -2.24. The maximum atomic E-state index is 13.6. The molecule has 0 fully saturated rings. The van der Waals surface area contributed by atoms with Gasteiger partial charge in [-0.25, -0.2) is 9.35 Å². The number of rotatable bonds is 4. The Morgan fingerprint density at radius 1 is 1.00 bits per heavy atom. The minimum Gasteiger partial charge on any atom is -0.372 e. The van der Waals surface area contributed by atoms with Crippen molar-refractivity contribution in [3.05, 3.63) is 102 Å². The molecule has 1 aliphatic rings. The van der Waals surface area contributed by atoms with Crippen molar-refractivity contribution in [2.45, 2.75) is 17.0 Å². The van der Waals surface area contributed by atoms with Crippen LogP contribution in [0.15, 0.2) is 90.0 Å². The number of benzene rings is 3. The maximum absolute atomic E-state index is 13.6. The molecule has 0 saturated carbocycles. The Kier molecular flexibility index (Phi) is 4.66. The number of aliphatic hydroxyl groups is 1. The van der Waals surface area contributed by atoms with Crippen LogP contribution in [-0.4, -0.2) is 20.2 Å². The summed E-state index contributed by atoms with van der Waals surface area (Å²) in [5, 5.41) is 18.0. The average molecular weight is 430 g/mol. The molecule has 0 saturated heterocycles. The highest BCUT2D eigenvalue weighted by atomic mass is 32.2. The zero-order chi connectivity index (χ0) is 21.6. The lowest BCUT2D eigenvalue weighted by atomic mass is 9.87. The van der Waals surface area contributed by atoms with Crippen molar-refractivity contribution in [3.8, 4) is 0 Å². The molecule has 2 heterocycles. The third-order valence-electron chi connectivity index (χ3n) is 5.65. The van der Waals surface area contributed by atoms with Crippen LogP contribution in [-0.2, 0) is 27.9 Å². The number of nitrogens with two attached hydrogens (primary N) is 1. The molecule has 1 aliphatic heterocycles. The van der Waals surface area contributed by atoms with Gasteiger partial charge >= 0.3 is 0 Å². The summed E-state index contributed by atoms with van der Waals surface area (Å²) < 4.78 is 11.5. The first-order valence-electron chi connectivity index (χ1n) is 9.73. The summed E-state index contributed by atoms with van der Waals surface area (Å²) in [6, 6.07) is 23.3. The number of pyridine rings is 1. The minimum atomic E-state index is -1.83. The fraction of sp³-hybridized carbons (Fsp3) is 0.0833. The predicted molar refractivity (Wildman–Crippen MR) is 119 cm³/mol. The number of carbonyl (C=O) groups is 1. The van der Waals surface area contributed by atoms with Crippen molar-refractivity contribution >= 4 is 33.5 Å². The minimum absolute atomic E-state index is 0.313. The van der Waals surface area contributed by atoms with Crippen LogP contribution >= 0.6 is 0 Å². The van der Waals surface area contributed by atoms with E-state index in [1.165, 1.54) is 0 Å². The SMILES string of the molecule is NS(=O)c1ccc([C@@]2(O)C(=O)N(Cc3ccc4ncccc4c3)c3ccccc32)cc1. The van der Waals surface area contributed by atoms with Crippen LogP contribution in [0.2, 0.25) is 0 Å². The lowest BCUT2D eigenvalue weighted by molar-refractivity contribution is -0.132. The Morgan fingerprint density at radius 3 is 2.55 bits per heavy atom. The number of hydrogen-bond donors (Lipinski definition) is 2. The molecule has 1 aromatic heterocycles. The van der Waals surface area contributed by atoms with Gasteiger partial charge in [-0.2, -0.15) is 0 Å². The summed E-state index contributed by atoms with van der Waals surface area (Å²) in [5.74, 6) is -0.429. The zero-order valence-electron chi connectivity index (χ0n) is 16.4. The van der Waals surface area contributed by atoms with E-state index in [1.54, 1.807) is 47.5 Å². The fourth-order valence-corrected chi connectivity index (χ4v) is 4.51. The maximum Gasteiger partial charge on any atom is 0.268 e. The van der Waals surface area contributed by atoms with Crippen LogP contribution in [0, 0.1) is 0 Å².